The van der Waals surface area contributed by atoms with Gasteiger partial charge in [0.25, 0.3) is 5.56 Å². The second-order valence-electron chi connectivity index (χ2n) is 4.07. The van der Waals surface area contributed by atoms with Crippen molar-refractivity contribution in [1.29, 1.82) is 0 Å². The van der Waals surface area contributed by atoms with Gasteiger partial charge in [0.1, 0.15) is 5.78 Å². The topological polar surface area (TPSA) is 61.1 Å². The molecule has 6 heteroatoms. The Hall–Kier alpha value is -1.88. The molecule has 0 aliphatic rings. The van der Waals surface area contributed by atoms with E-state index in [4.69, 9.17) is 11.6 Å². The molecule has 0 amide bonds. The Morgan fingerprint density at radius 1 is 1.33 bits per heavy atom. The normalized spacial score (nSPS) is 10.8. The average molecular weight is 267 g/mol. The van der Waals surface area contributed by atoms with Crippen LogP contribution in [-0.4, -0.2) is 14.9 Å². The first-order valence-electron chi connectivity index (χ1n) is 5.31. The molecule has 0 saturated heterocycles. The summed E-state index contributed by atoms with van der Waals surface area (Å²) in [6.45, 7) is 1.08. The van der Waals surface area contributed by atoms with E-state index in [2.05, 4.69) is 0 Å². The number of aryl methyl sites for hydroxylation is 1. The summed E-state index contributed by atoms with van der Waals surface area (Å²) >= 11 is 5.98. The van der Waals surface area contributed by atoms with Gasteiger partial charge in [-0.1, -0.05) is 17.7 Å². The summed E-state index contributed by atoms with van der Waals surface area (Å²) < 4.78 is 2.21. The van der Waals surface area contributed by atoms with E-state index in [0.717, 1.165) is 4.57 Å². The number of Topliss-reactive ketones (excluding diaryl/α,β-unsaturated/α-hetero) is 1. The minimum Gasteiger partial charge on any atom is -0.298 e. The highest BCUT2D eigenvalue weighted by Gasteiger charge is 2.13. The first kappa shape index (κ1) is 12.6. The van der Waals surface area contributed by atoms with Crippen LogP contribution in [0.2, 0.25) is 5.02 Å². The highest BCUT2D eigenvalue weighted by atomic mass is 35.5. The lowest BCUT2D eigenvalue weighted by Gasteiger charge is -2.10. The van der Waals surface area contributed by atoms with Crippen LogP contribution in [-0.2, 0) is 18.4 Å². The van der Waals surface area contributed by atoms with Crippen LogP contribution >= 0.6 is 11.6 Å². The standard InChI is InChI=1S/C12H11ClN2O3/c1-7(16)6-15-11(17)10-8(13)4-3-5-9(10)14(2)12(15)18/h3-5H,6H2,1-2H3. The highest BCUT2D eigenvalue weighted by Crippen LogP contribution is 2.17. The maximum Gasteiger partial charge on any atom is 0.331 e. The minimum absolute atomic E-state index is 0.243. The molecule has 0 bridgehead atoms. The Bertz CT molecular complexity index is 758. The van der Waals surface area contributed by atoms with Crippen LogP contribution in [0.1, 0.15) is 6.92 Å². The number of benzene rings is 1. The van der Waals surface area contributed by atoms with Crippen molar-refractivity contribution in [3.05, 3.63) is 44.1 Å². The fraction of sp³-hybridized carbons (Fsp3) is 0.250. The van der Waals surface area contributed by atoms with Crippen molar-refractivity contribution < 1.29 is 4.79 Å². The molecular weight excluding hydrogens is 256 g/mol. The van der Waals surface area contributed by atoms with Crippen LogP contribution in [0.3, 0.4) is 0 Å². The van der Waals surface area contributed by atoms with E-state index in [9.17, 15) is 14.4 Å². The van der Waals surface area contributed by atoms with Crippen molar-refractivity contribution >= 4 is 28.3 Å². The monoisotopic (exact) mass is 266 g/mol. The molecule has 0 N–H and O–H groups in total. The largest absolute Gasteiger partial charge is 0.331 e. The van der Waals surface area contributed by atoms with Crippen LogP contribution in [0.25, 0.3) is 10.9 Å². The fourth-order valence-electron chi connectivity index (χ4n) is 1.87. The number of carbonyl (C=O) groups excluding carboxylic acids is 1. The second kappa shape index (κ2) is 4.42. The van der Waals surface area contributed by atoms with E-state index in [0.29, 0.717) is 5.52 Å². The molecule has 1 aromatic heterocycles. The fourth-order valence-corrected chi connectivity index (χ4v) is 2.12. The third-order valence-electron chi connectivity index (χ3n) is 2.71. The maximum absolute atomic E-state index is 12.2. The van der Waals surface area contributed by atoms with Crippen molar-refractivity contribution in [2.45, 2.75) is 13.5 Å². The smallest absolute Gasteiger partial charge is 0.298 e. The van der Waals surface area contributed by atoms with Gasteiger partial charge in [0.05, 0.1) is 22.5 Å². The van der Waals surface area contributed by atoms with Gasteiger partial charge in [-0.15, -0.1) is 0 Å². The molecule has 0 unspecified atom stereocenters. The van der Waals surface area contributed by atoms with Gasteiger partial charge < -0.3 is 0 Å². The van der Waals surface area contributed by atoms with E-state index < -0.39 is 11.2 Å². The van der Waals surface area contributed by atoms with Crippen LogP contribution < -0.4 is 11.2 Å². The molecule has 0 saturated carbocycles. The summed E-state index contributed by atoms with van der Waals surface area (Å²) in [6.07, 6.45) is 0. The number of rotatable bonds is 2. The SMILES string of the molecule is CC(=O)Cn1c(=O)c2c(Cl)cccc2n(C)c1=O. The second-order valence-corrected chi connectivity index (χ2v) is 4.48. The molecule has 0 aliphatic carbocycles. The van der Waals surface area contributed by atoms with Gasteiger partial charge in [-0.2, -0.15) is 0 Å². The van der Waals surface area contributed by atoms with E-state index in [1.54, 1.807) is 18.2 Å². The van der Waals surface area contributed by atoms with Gasteiger partial charge >= 0.3 is 5.69 Å². The average Bonchev–Trinajstić information content (AvgIpc) is 2.31. The Morgan fingerprint density at radius 2 is 2.00 bits per heavy atom. The molecule has 1 aromatic carbocycles. The maximum atomic E-state index is 12.2. The predicted molar refractivity (Wildman–Crippen MR) is 69.1 cm³/mol. The van der Waals surface area contributed by atoms with Gasteiger partial charge in [-0.25, -0.2) is 4.79 Å². The number of hydrogen-bond acceptors (Lipinski definition) is 3. The van der Waals surface area contributed by atoms with Gasteiger partial charge in [0, 0.05) is 7.05 Å². The van der Waals surface area contributed by atoms with Crippen molar-refractivity contribution in [3.63, 3.8) is 0 Å². The van der Waals surface area contributed by atoms with Crippen molar-refractivity contribution in [3.8, 4) is 0 Å². The lowest BCUT2D eigenvalue weighted by Crippen LogP contribution is -2.40. The number of fused-ring (bicyclic) bond motifs is 1. The van der Waals surface area contributed by atoms with Crippen molar-refractivity contribution in [1.82, 2.24) is 9.13 Å². The highest BCUT2D eigenvalue weighted by molar-refractivity contribution is 6.35. The van der Waals surface area contributed by atoms with Gasteiger partial charge in [0.15, 0.2) is 0 Å². The van der Waals surface area contributed by atoms with Crippen LogP contribution in [0.15, 0.2) is 27.8 Å². The van der Waals surface area contributed by atoms with Gasteiger partial charge in [-0.05, 0) is 19.1 Å². The van der Waals surface area contributed by atoms with E-state index >= 15 is 0 Å². The van der Waals surface area contributed by atoms with E-state index in [-0.39, 0.29) is 22.7 Å². The zero-order valence-corrected chi connectivity index (χ0v) is 10.7. The zero-order chi connectivity index (χ0) is 13.4. The number of carbonyl (C=O) groups is 1. The molecule has 94 valence electrons. The Kier molecular flexibility index (Phi) is 3.09. The Labute approximate surface area is 107 Å². The molecule has 0 aliphatic heterocycles. The molecule has 0 radical (unpaired) electrons. The molecule has 18 heavy (non-hydrogen) atoms. The molecule has 2 rings (SSSR count). The number of nitrogens with zero attached hydrogens (tertiary/aromatic N) is 2. The van der Waals surface area contributed by atoms with Crippen LogP contribution in [0.4, 0.5) is 0 Å². The summed E-state index contributed by atoms with van der Waals surface area (Å²) in [5, 5.41) is 0.521. The minimum atomic E-state index is -0.533. The zero-order valence-electron chi connectivity index (χ0n) is 9.94. The molecule has 0 spiro atoms. The lowest BCUT2D eigenvalue weighted by atomic mass is 10.2. The number of halogens is 1. The number of aromatic nitrogens is 2. The predicted octanol–water partition coefficient (Wildman–Crippen LogP) is 0.943. The molecule has 2 aromatic rings. The molecule has 0 atom stereocenters. The van der Waals surface area contributed by atoms with Crippen LogP contribution in [0.5, 0.6) is 0 Å². The Morgan fingerprint density at radius 3 is 2.61 bits per heavy atom. The molecular formula is C12H11ClN2O3. The van der Waals surface area contributed by atoms with Crippen LogP contribution in [0, 0.1) is 0 Å². The first-order valence-corrected chi connectivity index (χ1v) is 5.68. The summed E-state index contributed by atoms with van der Waals surface area (Å²) in [7, 11) is 1.54. The van der Waals surface area contributed by atoms with Gasteiger partial charge in [-0.3, -0.25) is 18.7 Å². The quantitative estimate of drug-likeness (QED) is 0.813. The van der Waals surface area contributed by atoms with Crippen molar-refractivity contribution in [2.24, 2.45) is 7.05 Å². The third kappa shape index (κ3) is 1.86. The molecule has 5 nitrogen and oxygen atoms in total. The van der Waals surface area contributed by atoms with E-state index in [1.807, 2.05) is 0 Å². The molecule has 0 fully saturated rings. The number of ketones is 1. The lowest BCUT2D eigenvalue weighted by molar-refractivity contribution is -0.117. The summed E-state index contributed by atoms with van der Waals surface area (Å²) in [5.41, 5.74) is -0.601. The van der Waals surface area contributed by atoms with Crippen molar-refractivity contribution in [2.75, 3.05) is 0 Å². The summed E-state index contributed by atoms with van der Waals surface area (Å²) in [5.74, 6) is -0.263. The van der Waals surface area contributed by atoms with Gasteiger partial charge in [0.2, 0.25) is 0 Å². The molecule has 1 heterocycles. The summed E-state index contributed by atoms with van der Waals surface area (Å²) in [6, 6.07) is 4.88. The van der Waals surface area contributed by atoms with E-state index in [1.165, 1.54) is 18.5 Å². The number of hydrogen-bond donors (Lipinski definition) is 0. The first-order chi connectivity index (χ1) is 8.43. The summed E-state index contributed by atoms with van der Waals surface area (Å²) in [4.78, 5) is 35.3. The Balaban J connectivity index is 2.99. The third-order valence-corrected chi connectivity index (χ3v) is 3.03.